The van der Waals surface area contributed by atoms with E-state index < -0.39 is 0 Å². The van der Waals surface area contributed by atoms with Crippen LogP contribution in [0.25, 0.3) is 0 Å². The summed E-state index contributed by atoms with van der Waals surface area (Å²) in [5, 5.41) is 3.32. The first-order valence-corrected chi connectivity index (χ1v) is 7.54. The zero-order chi connectivity index (χ0) is 13.8. The van der Waals surface area contributed by atoms with Crippen LogP contribution in [0.4, 0.5) is 0 Å². The quantitative estimate of drug-likeness (QED) is 0.915. The lowest BCUT2D eigenvalue weighted by molar-refractivity contribution is 0.166. The summed E-state index contributed by atoms with van der Waals surface area (Å²) in [7, 11) is 2.06. The van der Waals surface area contributed by atoms with E-state index in [1.165, 1.54) is 48.2 Å². The van der Waals surface area contributed by atoms with Crippen LogP contribution in [0.2, 0.25) is 0 Å². The van der Waals surface area contributed by atoms with Gasteiger partial charge in [-0.05, 0) is 81.9 Å². The number of likely N-dealkylation sites (tertiary alicyclic amines) is 1. The second-order valence-electron chi connectivity index (χ2n) is 6.16. The largest absolute Gasteiger partial charge is 0.319 e. The van der Waals surface area contributed by atoms with E-state index in [9.17, 15) is 0 Å². The number of nitrogens with zero attached hydrogens (tertiary/aromatic N) is 1. The number of benzene rings is 1. The average molecular weight is 297 g/mol. The van der Waals surface area contributed by atoms with Crippen molar-refractivity contribution < 1.29 is 0 Å². The summed E-state index contributed by atoms with van der Waals surface area (Å²) in [6, 6.07) is 4.71. The van der Waals surface area contributed by atoms with Crippen molar-refractivity contribution in [2.45, 2.75) is 40.2 Å². The van der Waals surface area contributed by atoms with Crippen LogP contribution in [-0.4, -0.2) is 31.6 Å². The fourth-order valence-corrected chi connectivity index (χ4v) is 3.18. The summed E-state index contributed by atoms with van der Waals surface area (Å²) in [6.45, 7) is 11.4. The maximum atomic E-state index is 3.32. The molecule has 0 spiro atoms. The van der Waals surface area contributed by atoms with E-state index in [1.807, 2.05) is 0 Å². The van der Waals surface area contributed by atoms with Gasteiger partial charge in [0.2, 0.25) is 0 Å². The van der Waals surface area contributed by atoms with Gasteiger partial charge in [-0.25, -0.2) is 0 Å². The van der Waals surface area contributed by atoms with Crippen LogP contribution < -0.4 is 5.32 Å². The van der Waals surface area contributed by atoms with Crippen LogP contribution in [-0.2, 0) is 6.54 Å². The highest BCUT2D eigenvalue weighted by atomic mass is 35.5. The Labute approximate surface area is 130 Å². The van der Waals surface area contributed by atoms with E-state index >= 15 is 0 Å². The molecule has 1 heterocycles. The number of hydrogen-bond donors (Lipinski definition) is 1. The lowest BCUT2D eigenvalue weighted by Crippen LogP contribution is -2.38. The number of nitrogens with one attached hydrogen (secondary N) is 1. The fourth-order valence-electron chi connectivity index (χ4n) is 3.18. The Morgan fingerprint density at radius 3 is 2.55 bits per heavy atom. The monoisotopic (exact) mass is 296 g/mol. The third-order valence-electron chi connectivity index (χ3n) is 4.44. The van der Waals surface area contributed by atoms with Crippen molar-refractivity contribution in [3.05, 3.63) is 34.4 Å². The van der Waals surface area contributed by atoms with Gasteiger partial charge < -0.3 is 5.32 Å². The molecule has 1 saturated heterocycles. The molecule has 1 unspecified atom stereocenters. The molecule has 0 aliphatic carbocycles. The molecular formula is C17H29ClN2. The highest BCUT2D eigenvalue weighted by molar-refractivity contribution is 5.85. The van der Waals surface area contributed by atoms with Gasteiger partial charge in [0.05, 0.1) is 0 Å². The Morgan fingerprint density at radius 1 is 1.15 bits per heavy atom. The van der Waals surface area contributed by atoms with Crippen molar-refractivity contribution in [2.24, 2.45) is 5.92 Å². The minimum absolute atomic E-state index is 0. The van der Waals surface area contributed by atoms with Gasteiger partial charge in [0, 0.05) is 13.1 Å². The maximum Gasteiger partial charge on any atom is 0.0236 e. The van der Waals surface area contributed by atoms with Crippen molar-refractivity contribution >= 4 is 12.4 Å². The first-order valence-electron chi connectivity index (χ1n) is 7.54. The molecule has 1 fully saturated rings. The molecule has 3 heteroatoms. The van der Waals surface area contributed by atoms with E-state index in [1.54, 1.807) is 0 Å². The molecule has 1 atom stereocenters. The summed E-state index contributed by atoms with van der Waals surface area (Å²) >= 11 is 0. The van der Waals surface area contributed by atoms with Crippen molar-refractivity contribution in [2.75, 3.05) is 26.7 Å². The summed E-state index contributed by atoms with van der Waals surface area (Å²) in [4.78, 5) is 2.63. The van der Waals surface area contributed by atoms with Crippen LogP contribution in [0, 0.1) is 26.7 Å². The Bertz CT molecular complexity index is 429. The lowest BCUT2D eigenvalue weighted by Gasteiger charge is -2.33. The summed E-state index contributed by atoms with van der Waals surface area (Å²) < 4.78 is 0. The zero-order valence-corrected chi connectivity index (χ0v) is 14.1. The predicted octanol–water partition coefficient (Wildman–Crippen LogP) is 3.47. The van der Waals surface area contributed by atoms with Crippen LogP contribution in [0.5, 0.6) is 0 Å². The number of rotatable bonds is 4. The molecule has 1 aromatic carbocycles. The van der Waals surface area contributed by atoms with Crippen molar-refractivity contribution in [3.8, 4) is 0 Å². The van der Waals surface area contributed by atoms with E-state index in [2.05, 4.69) is 50.2 Å². The zero-order valence-electron chi connectivity index (χ0n) is 13.3. The van der Waals surface area contributed by atoms with Crippen LogP contribution in [0.15, 0.2) is 12.1 Å². The SMILES string of the molecule is CNCC1CCCN(Cc2cc(C)c(C)cc2C)C1.Cl. The molecule has 2 rings (SSSR count). The topological polar surface area (TPSA) is 15.3 Å². The van der Waals surface area contributed by atoms with Crippen LogP contribution >= 0.6 is 12.4 Å². The second kappa shape index (κ2) is 8.02. The molecule has 0 amide bonds. The van der Waals surface area contributed by atoms with Gasteiger partial charge >= 0.3 is 0 Å². The fraction of sp³-hybridized carbons (Fsp3) is 0.647. The smallest absolute Gasteiger partial charge is 0.0236 e. The third-order valence-corrected chi connectivity index (χ3v) is 4.44. The predicted molar refractivity (Wildman–Crippen MR) is 89.8 cm³/mol. The van der Waals surface area contributed by atoms with E-state index in [4.69, 9.17) is 0 Å². The Hall–Kier alpha value is -0.570. The molecule has 1 aliphatic rings. The van der Waals surface area contributed by atoms with Gasteiger partial charge in [-0.3, -0.25) is 4.90 Å². The summed E-state index contributed by atoms with van der Waals surface area (Å²) in [5.74, 6) is 0.825. The standard InChI is InChI=1S/C17H28N2.ClH/c1-13-8-15(3)17(9-14(13)2)12-19-7-5-6-16(11-19)10-18-4;/h8-9,16,18H,5-7,10-12H2,1-4H3;1H. The molecule has 114 valence electrons. The number of halogens is 1. The van der Waals surface area contributed by atoms with Crippen molar-refractivity contribution in [1.29, 1.82) is 0 Å². The Morgan fingerprint density at radius 2 is 1.85 bits per heavy atom. The molecule has 0 radical (unpaired) electrons. The highest BCUT2D eigenvalue weighted by Gasteiger charge is 2.19. The average Bonchev–Trinajstić information content (AvgIpc) is 2.37. The first-order chi connectivity index (χ1) is 9.10. The molecular weight excluding hydrogens is 268 g/mol. The second-order valence-corrected chi connectivity index (χ2v) is 6.16. The molecule has 2 nitrogen and oxygen atoms in total. The molecule has 20 heavy (non-hydrogen) atoms. The molecule has 1 aromatic rings. The molecule has 0 bridgehead atoms. The molecule has 0 saturated carbocycles. The van der Waals surface area contributed by atoms with Gasteiger partial charge in [-0.15, -0.1) is 12.4 Å². The van der Waals surface area contributed by atoms with Gasteiger partial charge in [0.1, 0.15) is 0 Å². The van der Waals surface area contributed by atoms with Gasteiger partial charge in [0.25, 0.3) is 0 Å². The number of aryl methyl sites for hydroxylation is 3. The van der Waals surface area contributed by atoms with Gasteiger partial charge in [-0.1, -0.05) is 12.1 Å². The van der Waals surface area contributed by atoms with Crippen molar-refractivity contribution in [1.82, 2.24) is 10.2 Å². The minimum Gasteiger partial charge on any atom is -0.319 e. The molecule has 1 N–H and O–H groups in total. The maximum absolute atomic E-state index is 3.32. The lowest BCUT2D eigenvalue weighted by atomic mass is 9.96. The van der Waals surface area contributed by atoms with E-state index in [-0.39, 0.29) is 12.4 Å². The minimum atomic E-state index is 0. The normalized spacial score (nSPS) is 19.7. The number of hydrogen-bond acceptors (Lipinski definition) is 2. The third kappa shape index (κ3) is 4.47. The summed E-state index contributed by atoms with van der Waals surface area (Å²) in [5.41, 5.74) is 5.78. The van der Waals surface area contributed by atoms with Crippen LogP contribution in [0.3, 0.4) is 0 Å². The van der Waals surface area contributed by atoms with Crippen LogP contribution in [0.1, 0.15) is 35.1 Å². The number of piperidine rings is 1. The van der Waals surface area contributed by atoms with Gasteiger partial charge in [-0.2, -0.15) is 0 Å². The Kier molecular flexibility index (Phi) is 7.01. The first kappa shape index (κ1) is 17.5. The summed E-state index contributed by atoms with van der Waals surface area (Å²) in [6.07, 6.45) is 2.72. The highest BCUT2D eigenvalue weighted by Crippen LogP contribution is 2.21. The van der Waals surface area contributed by atoms with E-state index in [0.29, 0.717) is 0 Å². The van der Waals surface area contributed by atoms with Crippen molar-refractivity contribution in [3.63, 3.8) is 0 Å². The van der Waals surface area contributed by atoms with Gasteiger partial charge in [0.15, 0.2) is 0 Å². The van der Waals surface area contributed by atoms with E-state index in [0.717, 1.165) is 19.0 Å². The molecule has 1 aliphatic heterocycles. The Balaban J connectivity index is 0.00000200. The molecule has 0 aromatic heterocycles.